The maximum Gasteiger partial charge on any atom is 0.317 e. The van der Waals surface area contributed by atoms with Crippen LogP contribution in [0, 0.1) is 0 Å². The van der Waals surface area contributed by atoms with Gasteiger partial charge in [-0.3, -0.25) is 4.98 Å². The van der Waals surface area contributed by atoms with Crippen molar-refractivity contribution in [1.82, 2.24) is 15.2 Å². The lowest BCUT2D eigenvalue weighted by Crippen LogP contribution is -2.38. The first kappa shape index (κ1) is 13.6. The van der Waals surface area contributed by atoms with Crippen LogP contribution in [0.5, 0.6) is 0 Å². The summed E-state index contributed by atoms with van der Waals surface area (Å²) in [6.07, 6.45) is 3.77. The topological polar surface area (TPSA) is 45.2 Å². The molecule has 108 valence electrons. The first-order valence-corrected chi connectivity index (χ1v) is 7.24. The molecule has 0 saturated carbocycles. The van der Waals surface area contributed by atoms with Crippen molar-refractivity contribution in [2.24, 2.45) is 0 Å². The van der Waals surface area contributed by atoms with Crippen LogP contribution < -0.4 is 5.32 Å². The van der Waals surface area contributed by atoms with Gasteiger partial charge in [-0.15, -0.1) is 0 Å². The SMILES string of the molecule is CN(C(=O)NCc1ccccn1)C1CCc2ccccc21. The average Bonchev–Trinajstić information content (AvgIpc) is 2.97. The van der Waals surface area contributed by atoms with Crippen molar-refractivity contribution in [2.75, 3.05) is 7.05 Å². The van der Waals surface area contributed by atoms with Crippen molar-refractivity contribution in [1.29, 1.82) is 0 Å². The van der Waals surface area contributed by atoms with Crippen molar-refractivity contribution in [3.8, 4) is 0 Å². The highest BCUT2D eigenvalue weighted by Crippen LogP contribution is 2.34. The monoisotopic (exact) mass is 281 g/mol. The van der Waals surface area contributed by atoms with Gasteiger partial charge in [-0.1, -0.05) is 30.3 Å². The van der Waals surface area contributed by atoms with Crippen LogP contribution in [0.15, 0.2) is 48.7 Å². The Morgan fingerprint density at radius 2 is 2.10 bits per heavy atom. The molecule has 1 aliphatic rings. The average molecular weight is 281 g/mol. The van der Waals surface area contributed by atoms with E-state index in [2.05, 4.69) is 28.5 Å². The van der Waals surface area contributed by atoms with Gasteiger partial charge in [0, 0.05) is 13.2 Å². The van der Waals surface area contributed by atoms with E-state index in [0.29, 0.717) is 6.54 Å². The standard InChI is InChI=1S/C17H19N3O/c1-20(16-10-9-13-6-2-3-8-15(13)16)17(21)19-12-14-7-4-5-11-18-14/h2-8,11,16H,9-10,12H2,1H3,(H,19,21). The molecule has 1 aliphatic carbocycles. The molecule has 1 aromatic carbocycles. The van der Waals surface area contributed by atoms with Crippen molar-refractivity contribution >= 4 is 6.03 Å². The third kappa shape index (κ3) is 2.89. The fourth-order valence-electron chi connectivity index (χ4n) is 2.87. The third-order valence-electron chi connectivity index (χ3n) is 4.04. The van der Waals surface area contributed by atoms with Crippen LogP contribution >= 0.6 is 0 Å². The number of benzene rings is 1. The molecule has 0 bridgehead atoms. The molecule has 0 spiro atoms. The van der Waals surface area contributed by atoms with E-state index >= 15 is 0 Å². The van der Waals surface area contributed by atoms with Crippen LogP contribution in [-0.2, 0) is 13.0 Å². The molecular weight excluding hydrogens is 262 g/mol. The summed E-state index contributed by atoms with van der Waals surface area (Å²) in [5, 5.41) is 2.93. The molecule has 1 N–H and O–H groups in total. The van der Waals surface area contributed by atoms with E-state index in [1.807, 2.05) is 31.3 Å². The first-order chi connectivity index (χ1) is 10.3. The normalized spacial score (nSPS) is 16.3. The molecule has 0 radical (unpaired) electrons. The van der Waals surface area contributed by atoms with E-state index in [4.69, 9.17) is 0 Å². The van der Waals surface area contributed by atoms with Crippen LogP contribution in [0.3, 0.4) is 0 Å². The second kappa shape index (κ2) is 5.95. The molecule has 1 heterocycles. The number of aromatic nitrogens is 1. The van der Waals surface area contributed by atoms with Crippen LogP contribution in [-0.4, -0.2) is 23.0 Å². The van der Waals surface area contributed by atoms with E-state index in [0.717, 1.165) is 18.5 Å². The molecule has 0 fully saturated rings. The predicted molar refractivity (Wildman–Crippen MR) is 81.7 cm³/mol. The van der Waals surface area contributed by atoms with Gasteiger partial charge in [-0.2, -0.15) is 0 Å². The lowest BCUT2D eigenvalue weighted by molar-refractivity contribution is 0.189. The smallest absolute Gasteiger partial charge is 0.317 e. The summed E-state index contributed by atoms with van der Waals surface area (Å²) in [7, 11) is 1.86. The Kier molecular flexibility index (Phi) is 3.86. The number of urea groups is 1. The second-order valence-electron chi connectivity index (χ2n) is 5.34. The van der Waals surface area contributed by atoms with Gasteiger partial charge in [0.15, 0.2) is 0 Å². The molecule has 1 unspecified atom stereocenters. The van der Waals surface area contributed by atoms with Gasteiger partial charge in [0.2, 0.25) is 0 Å². The Morgan fingerprint density at radius 3 is 2.90 bits per heavy atom. The number of carbonyl (C=O) groups excluding carboxylic acids is 1. The Morgan fingerprint density at radius 1 is 1.29 bits per heavy atom. The minimum Gasteiger partial charge on any atom is -0.332 e. The summed E-state index contributed by atoms with van der Waals surface area (Å²) in [5.41, 5.74) is 3.49. The minimum absolute atomic E-state index is 0.0534. The molecule has 0 saturated heterocycles. The second-order valence-corrected chi connectivity index (χ2v) is 5.34. The Balaban J connectivity index is 1.63. The zero-order chi connectivity index (χ0) is 14.7. The van der Waals surface area contributed by atoms with Gasteiger partial charge in [0.25, 0.3) is 0 Å². The molecule has 21 heavy (non-hydrogen) atoms. The highest BCUT2D eigenvalue weighted by molar-refractivity contribution is 5.74. The maximum atomic E-state index is 12.3. The molecule has 2 aromatic rings. The summed E-state index contributed by atoms with van der Waals surface area (Å²) in [4.78, 5) is 18.3. The molecule has 4 heteroatoms. The summed E-state index contributed by atoms with van der Waals surface area (Å²) >= 11 is 0. The molecule has 1 atom stereocenters. The van der Waals surface area contributed by atoms with Crippen molar-refractivity contribution in [3.05, 3.63) is 65.5 Å². The quantitative estimate of drug-likeness (QED) is 0.940. The number of aryl methyl sites for hydroxylation is 1. The minimum atomic E-state index is -0.0534. The van der Waals surface area contributed by atoms with E-state index in [1.54, 1.807) is 11.1 Å². The van der Waals surface area contributed by atoms with Crippen LogP contribution in [0.2, 0.25) is 0 Å². The molecular formula is C17H19N3O. The van der Waals surface area contributed by atoms with E-state index in [1.165, 1.54) is 11.1 Å². The molecule has 2 amide bonds. The third-order valence-corrected chi connectivity index (χ3v) is 4.04. The number of pyridine rings is 1. The summed E-state index contributed by atoms with van der Waals surface area (Å²) in [6.45, 7) is 0.457. The first-order valence-electron chi connectivity index (χ1n) is 7.24. The number of nitrogens with one attached hydrogen (secondary N) is 1. The number of nitrogens with zero attached hydrogens (tertiary/aromatic N) is 2. The van der Waals surface area contributed by atoms with Crippen molar-refractivity contribution in [2.45, 2.75) is 25.4 Å². The molecule has 0 aliphatic heterocycles. The van der Waals surface area contributed by atoms with Gasteiger partial charge in [-0.05, 0) is 36.1 Å². The molecule has 1 aromatic heterocycles. The molecule has 4 nitrogen and oxygen atoms in total. The largest absolute Gasteiger partial charge is 0.332 e. The number of amides is 2. The highest BCUT2D eigenvalue weighted by atomic mass is 16.2. The zero-order valence-electron chi connectivity index (χ0n) is 12.1. The van der Waals surface area contributed by atoms with Gasteiger partial charge < -0.3 is 10.2 Å². The number of hydrogen-bond acceptors (Lipinski definition) is 2. The Hall–Kier alpha value is -2.36. The van der Waals surface area contributed by atoms with E-state index < -0.39 is 0 Å². The van der Waals surface area contributed by atoms with Crippen LogP contribution in [0.4, 0.5) is 4.79 Å². The maximum absolute atomic E-state index is 12.3. The zero-order valence-corrected chi connectivity index (χ0v) is 12.1. The number of fused-ring (bicyclic) bond motifs is 1. The summed E-state index contributed by atoms with van der Waals surface area (Å²) < 4.78 is 0. The Labute approximate surface area is 124 Å². The predicted octanol–water partition coefficient (Wildman–Crippen LogP) is 2.91. The van der Waals surface area contributed by atoms with Gasteiger partial charge in [-0.25, -0.2) is 4.79 Å². The fraction of sp³-hybridized carbons (Fsp3) is 0.294. The van der Waals surface area contributed by atoms with Gasteiger partial charge in [0.1, 0.15) is 0 Å². The van der Waals surface area contributed by atoms with Gasteiger partial charge >= 0.3 is 6.03 Å². The van der Waals surface area contributed by atoms with Gasteiger partial charge in [0.05, 0.1) is 18.3 Å². The fourth-order valence-corrected chi connectivity index (χ4v) is 2.87. The number of rotatable bonds is 3. The Bertz CT molecular complexity index is 627. The number of hydrogen-bond donors (Lipinski definition) is 1. The van der Waals surface area contributed by atoms with Crippen molar-refractivity contribution < 1.29 is 4.79 Å². The lowest BCUT2D eigenvalue weighted by atomic mass is 10.1. The lowest BCUT2D eigenvalue weighted by Gasteiger charge is -2.25. The van der Waals surface area contributed by atoms with Crippen molar-refractivity contribution in [3.63, 3.8) is 0 Å². The summed E-state index contributed by atoms with van der Waals surface area (Å²) in [5.74, 6) is 0. The highest BCUT2D eigenvalue weighted by Gasteiger charge is 2.28. The van der Waals surface area contributed by atoms with Crippen LogP contribution in [0.1, 0.15) is 29.3 Å². The van der Waals surface area contributed by atoms with Crippen LogP contribution in [0.25, 0.3) is 0 Å². The molecule has 3 rings (SSSR count). The number of carbonyl (C=O) groups is 1. The van der Waals surface area contributed by atoms with E-state index in [-0.39, 0.29) is 12.1 Å². The summed E-state index contributed by atoms with van der Waals surface area (Å²) in [6, 6.07) is 14.2. The van der Waals surface area contributed by atoms with E-state index in [9.17, 15) is 4.79 Å².